The summed E-state index contributed by atoms with van der Waals surface area (Å²) in [6.07, 6.45) is 0. The van der Waals surface area contributed by atoms with Crippen LogP contribution in [0.15, 0.2) is 27.4 Å². The SMILES string of the molecule is COC(=O)c1cc2cc3[nH]c(=O)oc3cc2[nH]1. The summed E-state index contributed by atoms with van der Waals surface area (Å²) in [5, 5.41) is 0.801. The molecule has 6 heteroatoms. The second kappa shape index (κ2) is 3.24. The van der Waals surface area contributed by atoms with Crippen molar-refractivity contribution >= 4 is 28.0 Å². The fourth-order valence-electron chi connectivity index (χ4n) is 1.80. The lowest BCUT2D eigenvalue weighted by Crippen LogP contribution is -2.00. The monoisotopic (exact) mass is 232 g/mol. The van der Waals surface area contributed by atoms with Crippen molar-refractivity contribution in [3.05, 3.63) is 34.4 Å². The largest absolute Gasteiger partial charge is 0.464 e. The number of ether oxygens (including phenoxy) is 1. The summed E-state index contributed by atoms with van der Waals surface area (Å²) in [5.74, 6) is -0.938. The molecule has 0 radical (unpaired) electrons. The van der Waals surface area contributed by atoms with Crippen LogP contribution in [-0.2, 0) is 4.74 Å². The maximum Gasteiger partial charge on any atom is 0.417 e. The molecule has 0 amide bonds. The Balaban J connectivity index is 2.29. The van der Waals surface area contributed by atoms with Gasteiger partial charge in [-0.1, -0.05) is 0 Å². The maximum absolute atomic E-state index is 11.3. The zero-order valence-electron chi connectivity index (χ0n) is 8.87. The topological polar surface area (TPSA) is 88.1 Å². The van der Waals surface area contributed by atoms with Gasteiger partial charge < -0.3 is 14.1 Å². The Hall–Kier alpha value is -2.50. The van der Waals surface area contributed by atoms with Crippen molar-refractivity contribution in [3.8, 4) is 0 Å². The highest BCUT2D eigenvalue weighted by Gasteiger charge is 2.11. The van der Waals surface area contributed by atoms with E-state index in [1.54, 1.807) is 18.2 Å². The Labute approximate surface area is 94.2 Å². The highest BCUT2D eigenvalue weighted by Crippen LogP contribution is 2.21. The van der Waals surface area contributed by atoms with Gasteiger partial charge in [-0.2, -0.15) is 0 Å². The molecule has 0 aliphatic rings. The summed E-state index contributed by atoms with van der Waals surface area (Å²) < 4.78 is 9.54. The van der Waals surface area contributed by atoms with Crippen molar-refractivity contribution in [2.45, 2.75) is 0 Å². The minimum atomic E-state index is -0.499. The Bertz CT molecular complexity index is 724. The van der Waals surface area contributed by atoms with Gasteiger partial charge in [0.05, 0.1) is 12.6 Å². The first-order valence-electron chi connectivity index (χ1n) is 4.91. The number of esters is 1. The predicted octanol–water partition coefficient (Wildman–Crippen LogP) is 1.39. The van der Waals surface area contributed by atoms with E-state index in [-0.39, 0.29) is 0 Å². The average Bonchev–Trinajstić information content (AvgIpc) is 2.85. The fraction of sp³-hybridized carbons (Fsp3) is 0.0909. The molecule has 2 heterocycles. The molecule has 0 atom stereocenters. The molecule has 6 nitrogen and oxygen atoms in total. The molecule has 0 fully saturated rings. The van der Waals surface area contributed by atoms with Crippen LogP contribution in [0, 0.1) is 0 Å². The standard InChI is InChI=1S/C11H8N2O4/c1-16-10(14)8-3-5-2-7-9(4-6(5)12-8)17-11(15)13-7/h2-4,12H,1H3,(H,13,15). The third kappa shape index (κ3) is 1.42. The Morgan fingerprint density at radius 2 is 2.06 bits per heavy atom. The molecule has 0 aliphatic heterocycles. The van der Waals surface area contributed by atoms with Gasteiger partial charge in [-0.25, -0.2) is 9.59 Å². The summed E-state index contributed by atoms with van der Waals surface area (Å²) in [6.45, 7) is 0. The van der Waals surface area contributed by atoms with Crippen LogP contribution in [0.3, 0.4) is 0 Å². The van der Waals surface area contributed by atoms with Gasteiger partial charge in [0.25, 0.3) is 0 Å². The molecule has 86 valence electrons. The highest BCUT2D eigenvalue weighted by atomic mass is 16.5. The van der Waals surface area contributed by atoms with Gasteiger partial charge in [0, 0.05) is 17.0 Å². The first-order chi connectivity index (χ1) is 8.17. The third-order valence-electron chi connectivity index (χ3n) is 2.57. The lowest BCUT2D eigenvalue weighted by Gasteiger charge is -1.92. The number of fused-ring (bicyclic) bond motifs is 2. The molecule has 0 spiro atoms. The van der Waals surface area contributed by atoms with Crippen molar-refractivity contribution in [2.75, 3.05) is 7.11 Å². The van der Waals surface area contributed by atoms with Crippen molar-refractivity contribution < 1.29 is 13.9 Å². The van der Waals surface area contributed by atoms with Gasteiger partial charge >= 0.3 is 11.7 Å². The predicted molar refractivity (Wildman–Crippen MR) is 60.0 cm³/mol. The van der Waals surface area contributed by atoms with E-state index in [2.05, 4.69) is 14.7 Å². The van der Waals surface area contributed by atoms with Crippen LogP contribution in [0.25, 0.3) is 22.0 Å². The van der Waals surface area contributed by atoms with Crippen LogP contribution in [0.5, 0.6) is 0 Å². The summed E-state index contributed by atoms with van der Waals surface area (Å²) in [7, 11) is 1.32. The van der Waals surface area contributed by atoms with Gasteiger partial charge in [-0.15, -0.1) is 0 Å². The molecule has 1 aromatic carbocycles. The summed E-state index contributed by atoms with van der Waals surface area (Å²) in [4.78, 5) is 27.8. The summed E-state index contributed by atoms with van der Waals surface area (Å²) in [6, 6.07) is 5.05. The van der Waals surface area contributed by atoms with Crippen molar-refractivity contribution in [3.63, 3.8) is 0 Å². The van der Waals surface area contributed by atoms with Gasteiger partial charge in [0.2, 0.25) is 0 Å². The first-order valence-corrected chi connectivity index (χ1v) is 4.91. The Kier molecular flexibility index (Phi) is 1.85. The van der Waals surface area contributed by atoms with Crippen LogP contribution < -0.4 is 5.76 Å². The van der Waals surface area contributed by atoms with E-state index in [1.807, 2.05) is 0 Å². The molecule has 17 heavy (non-hydrogen) atoms. The van der Waals surface area contributed by atoms with E-state index in [0.717, 1.165) is 5.39 Å². The zero-order chi connectivity index (χ0) is 12.0. The third-order valence-corrected chi connectivity index (χ3v) is 2.57. The molecule has 0 saturated heterocycles. The molecule has 0 bridgehead atoms. The van der Waals surface area contributed by atoms with Crippen molar-refractivity contribution in [1.29, 1.82) is 0 Å². The Morgan fingerprint density at radius 1 is 1.24 bits per heavy atom. The lowest BCUT2D eigenvalue weighted by atomic mass is 10.2. The lowest BCUT2D eigenvalue weighted by molar-refractivity contribution is 0.0595. The van der Waals surface area contributed by atoms with Crippen LogP contribution in [0.1, 0.15) is 10.5 Å². The number of H-pyrrole nitrogens is 2. The smallest absolute Gasteiger partial charge is 0.417 e. The van der Waals surface area contributed by atoms with E-state index in [9.17, 15) is 9.59 Å². The van der Waals surface area contributed by atoms with E-state index in [1.165, 1.54) is 7.11 Å². The number of hydrogen-bond acceptors (Lipinski definition) is 4. The zero-order valence-corrected chi connectivity index (χ0v) is 8.87. The van der Waals surface area contributed by atoms with Gasteiger partial charge in [0.15, 0.2) is 5.58 Å². The quantitative estimate of drug-likeness (QED) is 0.620. The second-order valence-electron chi connectivity index (χ2n) is 3.62. The number of oxazole rings is 1. The maximum atomic E-state index is 11.3. The van der Waals surface area contributed by atoms with Crippen LogP contribution in [0.2, 0.25) is 0 Å². The number of nitrogens with one attached hydrogen (secondary N) is 2. The number of aromatic amines is 2. The molecule has 3 rings (SSSR count). The molecule has 0 saturated carbocycles. The van der Waals surface area contributed by atoms with Crippen molar-refractivity contribution in [1.82, 2.24) is 9.97 Å². The molecular weight excluding hydrogens is 224 g/mol. The molecule has 2 N–H and O–H groups in total. The van der Waals surface area contributed by atoms with E-state index < -0.39 is 11.7 Å². The minimum Gasteiger partial charge on any atom is -0.464 e. The highest BCUT2D eigenvalue weighted by molar-refractivity contribution is 5.98. The molecule has 2 aromatic heterocycles. The number of aromatic nitrogens is 2. The number of carbonyl (C=O) groups excluding carboxylic acids is 1. The van der Waals surface area contributed by atoms with Gasteiger partial charge in [-0.05, 0) is 12.1 Å². The number of benzene rings is 1. The number of rotatable bonds is 1. The molecule has 0 aliphatic carbocycles. The summed E-state index contributed by atoms with van der Waals surface area (Å²) >= 11 is 0. The molecular formula is C11H8N2O4. The minimum absolute atomic E-state index is 0.359. The second-order valence-corrected chi connectivity index (χ2v) is 3.62. The van der Waals surface area contributed by atoms with Gasteiger partial charge in [0.1, 0.15) is 5.69 Å². The summed E-state index contributed by atoms with van der Waals surface area (Å²) in [5.41, 5.74) is 2.11. The van der Waals surface area contributed by atoms with E-state index >= 15 is 0 Å². The van der Waals surface area contributed by atoms with E-state index in [4.69, 9.17) is 4.42 Å². The average molecular weight is 232 g/mol. The first kappa shape index (κ1) is 9.71. The van der Waals surface area contributed by atoms with Gasteiger partial charge in [-0.3, -0.25) is 4.98 Å². The normalized spacial score (nSPS) is 11.1. The van der Waals surface area contributed by atoms with Crippen LogP contribution in [0.4, 0.5) is 0 Å². The number of carbonyl (C=O) groups is 1. The van der Waals surface area contributed by atoms with Crippen molar-refractivity contribution in [2.24, 2.45) is 0 Å². The Morgan fingerprint density at radius 3 is 2.82 bits per heavy atom. The fourth-order valence-corrected chi connectivity index (χ4v) is 1.80. The molecule has 0 unspecified atom stereocenters. The van der Waals surface area contributed by atoms with Crippen LogP contribution >= 0.6 is 0 Å². The number of methoxy groups -OCH3 is 1. The molecule has 3 aromatic rings. The van der Waals surface area contributed by atoms with E-state index in [0.29, 0.717) is 22.3 Å². The number of hydrogen-bond donors (Lipinski definition) is 2. The van der Waals surface area contributed by atoms with Crippen LogP contribution in [-0.4, -0.2) is 23.0 Å².